The van der Waals surface area contributed by atoms with Gasteiger partial charge in [0.25, 0.3) is 0 Å². The first-order valence-electron chi connectivity index (χ1n) is 13.3. The van der Waals surface area contributed by atoms with Crippen LogP contribution < -0.4 is 16.2 Å². The predicted molar refractivity (Wildman–Crippen MR) is 152 cm³/mol. The molecule has 0 atom stereocenters. The number of nitrogens with zero attached hydrogens (tertiary/aromatic N) is 3. The summed E-state index contributed by atoms with van der Waals surface area (Å²) >= 11 is 0. The molecule has 6 rings (SSSR count). The number of pyridine rings is 1. The molecular formula is C31H31N5O3. The fourth-order valence-corrected chi connectivity index (χ4v) is 5.28. The van der Waals surface area contributed by atoms with Gasteiger partial charge in [0.05, 0.1) is 30.3 Å². The second-order valence-corrected chi connectivity index (χ2v) is 10.0. The number of fused-ring (bicyclic) bond motifs is 2. The topological polar surface area (TPSA) is 118 Å². The van der Waals surface area contributed by atoms with E-state index in [2.05, 4.69) is 46.1 Å². The number of hydrogen-bond donors (Lipinski definition) is 2. The molecule has 0 radical (unpaired) electrons. The summed E-state index contributed by atoms with van der Waals surface area (Å²) in [6.45, 7) is 2.45. The molecular weight excluding hydrogens is 490 g/mol. The zero-order valence-corrected chi connectivity index (χ0v) is 21.8. The molecule has 1 fully saturated rings. The van der Waals surface area contributed by atoms with Crippen molar-refractivity contribution < 1.29 is 14.3 Å². The number of carbonyl (C=O) groups is 1. The molecule has 4 N–H and O–H groups in total. The molecule has 8 heteroatoms. The van der Waals surface area contributed by atoms with Crippen LogP contribution in [0.5, 0.6) is 5.75 Å². The van der Waals surface area contributed by atoms with Crippen LogP contribution in [0.1, 0.15) is 37.1 Å². The van der Waals surface area contributed by atoms with Crippen molar-refractivity contribution in [3.8, 4) is 16.9 Å². The third kappa shape index (κ3) is 4.91. The lowest BCUT2D eigenvalue weighted by Crippen LogP contribution is -2.38. The summed E-state index contributed by atoms with van der Waals surface area (Å²) in [5.74, 6) is 0.897. The maximum Gasteiger partial charge on any atom is 0.310 e. The Labute approximate surface area is 226 Å². The first kappa shape index (κ1) is 24.9. The van der Waals surface area contributed by atoms with Crippen LogP contribution in [0, 0.1) is 0 Å². The SMILES string of the molecule is CCOC(=O)Cc1ccccc1OCc1c2cc(-c3ccc4ccnc(N)c4c3)ccc2nn1C1CC(N)C1. The van der Waals surface area contributed by atoms with Gasteiger partial charge in [0, 0.05) is 28.6 Å². The van der Waals surface area contributed by atoms with E-state index in [0.717, 1.165) is 56.9 Å². The lowest BCUT2D eigenvalue weighted by atomic mass is 9.87. The molecule has 1 aliphatic carbocycles. The number of aromatic nitrogens is 3. The number of para-hydroxylation sites is 1. The van der Waals surface area contributed by atoms with Gasteiger partial charge in [-0.2, -0.15) is 5.10 Å². The number of carbonyl (C=O) groups excluding carboxylic acids is 1. The van der Waals surface area contributed by atoms with E-state index in [0.29, 0.717) is 24.8 Å². The number of benzene rings is 3. The number of rotatable bonds is 8. The number of anilines is 1. The number of hydrogen-bond acceptors (Lipinski definition) is 7. The minimum Gasteiger partial charge on any atom is -0.487 e. The number of nitrogen functional groups attached to an aromatic ring is 1. The van der Waals surface area contributed by atoms with Gasteiger partial charge in [-0.15, -0.1) is 0 Å². The van der Waals surface area contributed by atoms with Gasteiger partial charge in [0.1, 0.15) is 18.2 Å². The minimum absolute atomic E-state index is 0.158. The van der Waals surface area contributed by atoms with Crippen LogP contribution in [0.15, 0.2) is 72.9 Å². The van der Waals surface area contributed by atoms with Gasteiger partial charge in [-0.1, -0.05) is 36.4 Å². The molecule has 2 aromatic heterocycles. The molecule has 0 aliphatic heterocycles. The molecule has 5 aromatic rings. The van der Waals surface area contributed by atoms with Crippen molar-refractivity contribution in [1.29, 1.82) is 0 Å². The molecule has 0 unspecified atom stereocenters. The average molecular weight is 522 g/mol. The number of esters is 1. The van der Waals surface area contributed by atoms with Crippen molar-refractivity contribution in [2.24, 2.45) is 5.73 Å². The smallest absolute Gasteiger partial charge is 0.310 e. The zero-order chi connectivity index (χ0) is 26.9. The van der Waals surface area contributed by atoms with E-state index >= 15 is 0 Å². The van der Waals surface area contributed by atoms with Gasteiger partial charge in [-0.25, -0.2) is 4.98 Å². The number of nitrogens with two attached hydrogens (primary N) is 2. The Bertz CT molecular complexity index is 1670. The van der Waals surface area contributed by atoms with Crippen molar-refractivity contribution in [3.63, 3.8) is 0 Å². The van der Waals surface area contributed by atoms with E-state index in [1.807, 2.05) is 30.3 Å². The molecule has 8 nitrogen and oxygen atoms in total. The van der Waals surface area contributed by atoms with Crippen molar-refractivity contribution in [2.45, 2.75) is 44.9 Å². The molecule has 0 saturated heterocycles. The standard InChI is InChI=1S/C31H31N5O3/c1-2-38-30(37)15-22-5-3-4-6-29(22)39-18-28-26-14-21(9-10-27(26)35-36(28)24-16-23(32)17-24)20-8-7-19-11-12-34-31(33)25(19)13-20/h3-14,23-24H,2,15-18,32H2,1H3,(H2,33,34). The lowest BCUT2D eigenvalue weighted by Gasteiger charge is -2.33. The second kappa shape index (κ2) is 10.4. The van der Waals surface area contributed by atoms with Crippen LogP contribution in [-0.2, 0) is 22.6 Å². The van der Waals surface area contributed by atoms with Crippen molar-refractivity contribution in [1.82, 2.24) is 14.8 Å². The summed E-state index contributed by atoms with van der Waals surface area (Å²) in [7, 11) is 0. The van der Waals surface area contributed by atoms with Gasteiger partial charge in [0.15, 0.2) is 0 Å². The van der Waals surface area contributed by atoms with E-state index < -0.39 is 0 Å². The Kier molecular flexibility index (Phi) is 6.62. The van der Waals surface area contributed by atoms with Gasteiger partial charge < -0.3 is 20.9 Å². The Morgan fingerprint density at radius 3 is 2.59 bits per heavy atom. The Morgan fingerprint density at radius 1 is 1.03 bits per heavy atom. The van der Waals surface area contributed by atoms with Crippen LogP contribution in [0.25, 0.3) is 32.8 Å². The molecule has 198 valence electrons. The summed E-state index contributed by atoms with van der Waals surface area (Å²) in [5.41, 5.74) is 17.1. The van der Waals surface area contributed by atoms with E-state index in [-0.39, 0.29) is 24.5 Å². The van der Waals surface area contributed by atoms with Crippen molar-refractivity contribution in [3.05, 3.63) is 84.2 Å². The first-order valence-corrected chi connectivity index (χ1v) is 13.3. The molecule has 1 saturated carbocycles. The molecule has 39 heavy (non-hydrogen) atoms. The second-order valence-electron chi connectivity index (χ2n) is 10.0. The van der Waals surface area contributed by atoms with E-state index in [4.69, 9.17) is 26.0 Å². The fraction of sp³-hybridized carbons (Fsp3) is 0.258. The zero-order valence-electron chi connectivity index (χ0n) is 21.8. The van der Waals surface area contributed by atoms with E-state index in [9.17, 15) is 4.79 Å². The first-order chi connectivity index (χ1) is 19.0. The van der Waals surface area contributed by atoms with Crippen LogP contribution in [0.3, 0.4) is 0 Å². The quantitative estimate of drug-likeness (QED) is 0.270. The van der Waals surface area contributed by atoms with Crippen LogP contribution in [0.2, 0.25) is 0 Å². The molecule has 0 amide bonds. The highest BCUT2D eigenvalue weighted by atomic mass is 16.5. The summed E-state index contributed by atoms with van der Waals surface area (Å²) in [5, 5.41) is 7.96. The average Bonchev–Trinajstić information content (AvgIpc) is 3.28. The lowest BCUT2D eigenvalue weighted by molar-refractivity contribution is -0.142. The highest BCUT2D eigenvalue weighted by Crippen LogP contribution is 2.36. The molecule has 0 spiro atoms. The normalized spacial score (nSPS) is 16.8. The van der Waals surface area contributed by atoms with Gasteiger partial charge in [0.2, 0.25) is 0 Å². The Morgan fingerprint density at radius 2 is 1.79 bits per heavy atom. The summed E-state index contributed by atoms with van der Waals surface area (Å²) in [4.78, 5) is 16.4. The number of ether oxygens (including phenoxy) is 2. The maximum atomic E-state index is 12.2. The van der Waals surface area contributed by atoms with Gasteiger partial charge in [-0.05, 0) is 66.6 Å². The molecule has 2 heterocycles. The summed E-state index contributed by atoms with van der Waals surface area (Å²) in [6, 6.07) is 22.5. The summed E-state index contributed by atoms with van der Waals surface area (Å²) in [6.07, 6.45) is 3.64. The van der Waals surface area contributed by atoms with Crippen LogP contribution in [-0.4, -0.2) is 33.4 Å². The summed E-state index contributed by atoms with van der Waals surface area (Å²) < 4.78 is 13.6. The van der Waals surface area contributed by atoms with Gasteiger partial charge >= 0.3 is 5.97 Å². The van der Waals surface area contributed by atoms with Crippen LogP contribution in [0.4, 0.5) is 5.82 Å². The predicted octanol–water partition coefficient (Wildman–Crippen LogP) is 5.18. The van der Waals surface area contributed by atoms with E-state index in [1.165, 1.54) is 0 Å². The third-order valence-electron chi connectivity index (χ3n) is 7.40. The highest BCUT2D eigenvalue weighted by molar-refractivity contribution is 5.95. The van der Waals surface area contributed by atoms with Crippen molar-refractivity contribution in [2.75, 3.05) is 12.3 Å². The molecule has 3 aromatic carbocycles. The highest BCUT2D eigenvalue weighted by Gasteiger charge is 2.31. The Hall–Kier alpha value is -4.43. The maximum absolute atomic E-state index is 12.2. The Balaban J connectivity index is 1.37. The monoisotopic (exact) mass is 521 g/mol. The fourth-order valence-electron chi connectivity index (χ4n) is 5.28. The van der Waals surface area contributed by atoms with Gasteiger partial charge in [-0.3, -0.25) is 9.48 Å². The minimum atomic E-state index is -0.275. The van der Waals surface area contributed by atoms with Crippen molar-refractivity contribution >= 4 is 33.5 Å². The largest absolute Gasteiger partial charge is 0.487 e. The molecule has 0 bridgehead atoms. The third-order valence-corrected chi connectivity index (χ3v) is 7.40. The van der Waals surface area contributed by atoms with E-state index in [1.54, 1.807) is 13.1 Å². The van der Waals surface area contributed by atoms with Crippen LogP contribution >= 0.6 is 0 Å². The molecule has 1 aliphatic rings.